The average Bonchev–Trinajstić information content (AvgIpc) is 2.64. The average molecular weight is 316 g/mol. The highest BCUT2D eigenvalue weighted by atomic mass is 16.3. The summed E-state index contributed by atoms with van der Waals surface area (Å²) in [5.41, 5.74) is 0.610. The van der Waals surface area contributed by atoms with Crippen LogP contribution in [-0.4, -0.2) is 33.3 Å². The molecule has 3 aliphatic rings. The lowest BCUT2D eigenvalue weighted by molar-refractivity contribution is -0.137. The second kappa shape index (κ2) is 5.46. The smallest absolute Gasteiger partial charge is 0.190 e. The van der Waals surface area contributed by atoms with Crippen molar-refractivity contribution in [1.29, 1.82) is 0 Å². The third-order valence-electron chi connectivity index (χ3n) is 5.65. The quantitative estimate of drug-likeness (QED) is 0.684. The fraction of sp³-hybridized carbons (Fsp3) is 0.526. The van der Waals surface area contributed by atoms with Crippen LogP contribution in [0.25, 0.3) is 0 Å². The van der Waals surface area contributed by atoms with E-state index in [0.717, 1.165) is 5.57 Å². The first-order chi connectivity index (χ1) is 10.8. The summed E-state index contributed by atoms with van der Waals surface area (Å²) in [6.45, 7) is 7.41. The number of hydrogen-bond donors (Lipinski definition) is 3. The summed E-state index contributed by atoms with van der Waals surface area (Å²) in [5, 5.41) is 31.1. The van der Waals surface area contributed by atoms with Gasteiger partial charge in [-0.1, -0.05) is 24.3 Å². The number of allylic oxidation sites excluding steroid dienone is 3. The normalized spacial score (nSPS) is 39.7. The van der Waals surface area contributed by atoms with Gasteiger partial charge in [0.1, 0.15) is 5.60 Å². The van der Waals surface area contributed by atoms with Crippen molar-refractivity contribution in [2.24, 2.45) is 23.7 Å². The molecule has 0 aromatic heterocycles. The number of aliphatic hydroxyl groups excluding tert-OH is 2. The van der Waals surface area contributed by atoms with Crippen molar-refractivity contribution in [2.45, 2.75) is 32.3 Å². The van der Waals surface area contributed by atoms with Crippen molar-refractivity contribution in [3.63, 3.8) is 0 Å². The largest absolute Gasteiger partial charge is 0.512 e. The molecule has 3 aliphatic carbocycles. The third kappa shape index (κ3) is 2.32. The molecular formula is C19H24O4. The van der Waals surface area contributed by atoms with E-state index in [1.807, 2.05) is 19.1 Å². The van der Waals surface area contributed by atoms with E-state index in [4.69, 9.17) is 0 Å². The monoisotopic (exact) mass is 316 g/mol. The van der Waals surface area contributed by atoms with Crippen LogP contribution in [0.3, 0.4) is 0 Å². The third-order valence-corrected chi connectivity index (χ3v) is 5.65. The highest BCUT2D eigenvalue weighted by molar-refractivity contribution is 6.04. The molecule has 0 aromatic rings. The number of fused-ring (bicyclic) bond motifs is 3. The van der Waals surface area contributed by atoms with Crippen molar-refractivity contribution < 1.29 is 20.1 Å². The molecule has 0 aromatic carbocycles. The van der Waals surface area contributed by atoms with Crippen LogP contribution in [0.4, 0.5) is 0 Å². The van der Waals surface area contributed by atoms with Gasteiger partial charge in [0.2, 0.25) is 0 Å². The van der Waals surface area contributed by atoms with Crippen LogP contribution >= 0.6 is 0 Å². The van der Waals surface area contributed by atoms with Crippen LogP contribution in [0.2, 0.25) is 0 Å². The van der Waals surface area contributed by atoms with Gasteiger partial charge >= 0.3 is 0 Å². The maximum Gasteiger partial charge on any atom is 0.190 e. The zero-order valence-electron chi connectivity index (χ0n) is 13.6. The molecule has 5 atom stereocenters. The van der Waals surface area contributed by atoms with Gasteiger partial charge in [0.05, 0.1) is 12.4 Å². The highest BCUT2D eigenvalue weighted by Gasteiger charge is 2.55. The Labute approximate surface area is 136 Å². The zero-order chi connectivity index (χ0) is 16.9. The van der Waals surface area contributed by atoms with Crippen LogP contribution in [0.15, 0.2) is 47.3 Å². The van der Waals surface area contributed by atoms with Crippen LogP contribution in [-0.2, 0) is 4.79 Å². The second-order valence-corrected chi connectivity index (χ2v) is 7.22. The Morgan fingerprint density at radius 2 is 2.13 bits per heavy atom. The predicted molar refractivity (Wildman–Crippen MR) is 87.6 cm³/mol. The lowest BCUT2D eigenvalue weighted by Crippen LogP contribution is -2.46. The van der Waals surface area contributed by atoms with E-state index < -0.39 is 5.60 Å². The summed E-state index contributed by atoms with van der Waals surface area (Å²) in [6.07, 6.45) is 6.35. The van der Waals surface area contributed by atoms with Crippen molar-refractivity contribution >= 4 is 5.78 Å². The molecule has 0 saturated carbocycles. The summed E-state index contributed by atoms with van der Waals surface area (Å²) in [4.78, 5) is 12.5. The molecule has 0 spiro atoms. The van der Waals surface area contributed by atoms with Crippen molar-refractivity contribution in [2.75, 3.05) is 6.61 Å². The second-order valence-electron chi connectivity index (χ2n) is 7.22. The van der Waals surface area contributed by atoms with Crippen LogP contribution < -0.4 is 0 Å². The van der Waals surface area contributed by atoms with Gasteiger partial charge in [0, 0.05) is 18.3 Å². The van der Waals surface area contributed by atoms with Crippen molar-refractivity contribution in [3.05, 3.63) is 47.3 Å². The molecule has 0 radical (unpaired) electrons. The molecule has 124 valence electrons. The standard InChI is InChI=1S/C19H24O4/c1-10(2)17-14-7-12(9-20)8-19(23)15(6-11(3)18(19)22)13(14)4-5-16(17)21/h5-7,13-15,17,20-21,23H,1,4,8-9H2,2-3H3/t13?,14-,15?,17+,19-/m1/s1. The molecule has 3 N–H and O–H groups in total. The van der Waals surface area contributed by atoms with E-state index >= 15 is 0 Å². The number of hydrogen-bond acceptors (Lipinski definition) is 4. The molecule has 4 heteroatoms. The fourth-order valence-corrected chi connectivity index (χ4v) is 4.61. The van der Waals surface area contributed by atoms with Gasteiger partial charge in [-0.05, 0) is 49.3 Å². The minimum absolute atomic E-state index is 0.00282. The SMILES string of the molecule is C=C(C)[C@@H]1C(O)=CCC2C3C=C(C)C(=O)[C@@]3(O)CC(CO)=C[C@H]21. The van der Waals surface area contributed by atoms with Gasteiger partial charge in [0.25, 0.3) is 0 Å². The first-order valence-electron chi connectivity index (χ1n) is 8.10. The highest BCUT2D eigenvalue weighted by Crippen LogP contribution is 2.52. The lowest BCUT2D eigenvalue weighted by atomic mass is 9.65. The minimum Gasteiger partial charge on any atom is -0.512 e. The van der Waals surface area contributed by atoms with E-state index in [1.54, 1.807) is 13.0 Å². The van der Waals surface area contributed by atoms with Crippen molar-refractivity contribution in [1.82, 2.24) is 0 Å². The number of aliphatic hydroxyl groups is 3. The van der Waals surface area contributed by atoms with Crippen LogP contribution in [0, 0.1) is 23.7 Å². The molecule has 0 bridgehead atoms. The van der Waals surface area contributed by atoms with Gasteiger partial charge in [0.15, 0.2) is 5.78 Å². The van der Waals surface area contributed by atoms with Gasteiger partial charge < -0.3 is 15.3 Å². The Kier molecular flexibility index (Phi) is 3.85. The molecular weight excluding hydrogens is 292 g/mol. The van der Waals surface area contributed by atoms with Gasteiger partial charge in [-0.3, -0.25) is 4.79 Å². The summed E-state index contributed by atoms with van der Waals surface area (Å²) < 4.78 is 0. The topological polar surface area (TPSA) is 77.8 Å². The molecule has 0 saturated heterocycles. The van der Waals surface area contributed by atoms with Gasteiger partial charge in [-0.2, -0.15) is 0 Å². The number of ketones is 1. The van der Waals surface area contributed by atoms with E-state index in [0.29, 0.717) is 23.3 Å². The summed E-state index contributed by atoms with van der Waals surface area (Å²) in [6, 6.07) is 0. The molecule has 0 fully saturated rings. The zero-order valence-corrected chi connectivity index (χ0v) is 13.6. The maximum absolute atomic E-state index is 12.5. The summed E-state index contributed by atoms with van der Waals surface area (Å²) >= 11 is 0. The molecule has 2 unspecified atom stereocenters. The minimum atomic E-state index is -1.47. The summed E-state index contributed by atoms with van der Waals surface area (Å²) in [5.74, 6) is -0.555. The van der Waals surface area contributed by atoms with E-state index in [2.05, 4.69) is 6.58 Å². The Morgan fingerprint density at radius 1 is 1.43 bits per heavy atom. The number of rotatable bonds is 2. The van der Waals surface area contributed by atoms with Gasteiger partial charge in [-0.25, -0.2) is 0 Å². The lowest BCUT2D eigenvalue weighted by Gasteiger charge is -2.40. The van der Waals surface area contributed by atoms with E-state index in [1.165, 1.54) is 0 Å². The molecule has 0 aliphatic heterocycles. The Bertz CT molecular complexity index is 654. The Morgan fingerprint density at radius 3 is 2.74 bits per heavy atom. The first-order valence-corrected chi connectivity index (χ1v) is 8.10. The number of carbonyl (C=O) groups is 1. The molecule has 3 rings (SSSR count). The predicted octanol–water partition coefficient (Wildman–Crippen LogP) is 2.46. The molecule has 23 heavy (non-hydrogen) atoms. The molecule has 0 amide bonds. The van der Waals surface area contributed by atoms with Gasteiger partial charge in [-0.15, -0.1) is 0 Å². The van der Waals surface area contributed by atoms with E-state index in [9.17, 15) is 20.1 Å². The molecule has 0 heterocycles. The maximum atomic E-state index is 12.5. The number of carbonyl (C=O) groups excluding carboxylic acids is 1. The van der Waals surface area contributed by atoms with Crippen LogP contribution in [0.1, 0.15) is 26.7 Å². The van der Waals surface area contributed by atoms with E-state index in [-0.39, 0.29) is 42.5 Å². The Balaban J connectivity index is 2.13. The number of Topliss-reactive ketones (excluding diaryl/α,β-unsaturated/α-hetero) is 1. The fourth-order valence-electron chi connectivity index (χ4n) is 4.61. The summed E-state index contributed by atoms with van der Waals surface area (Å²) in [7, 11) is 0. The molecule has 4 nitrogen and oxygen atoms in total. The van der Waals surface area contributed by atoms with Crippen molar-refractivity contribution in [3.8, 4) is 0 Å². The first kappa shape index (κ1) is 16.2. The Hall–Kier alpha value is -1.65. The van der Waals surface area contributed by atoms with Crippen LogP contribution in [0.5, 0.6) is 0 Å².